The molecule has 1 unspecified atom stereocenters. The number of aromatic amines is 1. The van der Waals surface area contributed by atoms with Crippen molar-refractivity contribution < 1.29 is 8.81 Å². The van der Waals surface area contributed by atoms with E-state index in [0.29, 0.717) is 11.5 Å². The van der Waals surface area contributed by atoms with Gasteiger partial charge in [0.25, 0.3) is 0 Å². The summed E-state index contributed by atoms with van der Waals surface area (Å²) in [6, 6.07) is 14.5. The Labute approximate surface area is 197 Å². The summed E-state index contributed by atoms with van der Waals surface area (Å²) < 4.78 is 18.6. The van der Waals surface area contributed by atoms with E-state index in [0.717, 1.165) is 60.2 Å². The summed E-state index contributed by atoms with van der Waals surface area (Å²) in [5, 5.41) is 0. The average molecular weight is 476 g/mol. The first-order chi connectivity index (χ1) is 14.7. The van der Waals surface area contributed by atoms with Gasteiger partial charge in [0.15, 0.2) is 5.58 Å². The Hall–Kier alpha value is -2.67. The van der Waals surface area contributed by atoms with Gasteiger partial charge < -0.3 is 4.42 Å². The minimum Gasteiger partial charge on any atom is -0.408 e. The molecule has 168 valence electrons. The van der Waals surface area contributed by atoms with Crippen LogP contribution in [0.4, 0.5) is 4.39 Å². The first-order valence-electron chi connectivity index (χ1n) is 10.2. The van der Waals surface area contributed by atoms with Crippen molar-refractivity contribution in [2.75, 3.05) is 13.1 Å². The van der Waals surface area contributed by atoms with Gasteiger partial charge in [-0.25, -0.2) is 9.18 Å². The van der Waals surface area contributed by atoms with E-state index < -0.39 is 5.76 Å². The molecule has 0 spiro atoms. The number of fused-ring (bicyclic) bond motifs is 1. The Bertz CT molecular complexity index is 1240. The lowest BCUT2D eigenvalue weighted by Crippen LogP contribution is -2.34. The SMILES string of the molecule is Cl.Cl.O=c1[nH]c2cccc(C3CCCN(Cc4cncc(-c5ccc(F)cc5)c4)C3)c2o1. The summed E-state index contributed by atoms with van der Waals surface area (Å²) >= 11 is 0. The van der Waals surface area contributed by atoms with Gasteiger partial charge in [-0.1, -0.05) is 24.3 Å². The van der Waals surface area contributed by atoms with E-state index in [1.807, 2.05) is 24.5 Å². The molecule has 0 aliphatic carbocycles. The van der Waals surface area contributed by atoms with Crippen LogP contribution in [0.1, 0.15) is 29.9 Å². The molecule has 2 aromatic carbocycles. The highest BCUT2D eigenvalue weighted by Gasteiger charge is 2.24. The summed E-state index contributed by atoms with van der Waals surface area (Å²) in [5.74, 6) is -0.334. The summed E-state index contributed by atoms with van der Waals surface area (Å²) in [6.07, 6.45) is 5.85. The number of oxazole rings is 1. The molecule has 1 N–H and O–H groups in total. The Morgan fingerprint density at radius 2 is 1.91 bits per heavy atom. The van der Waals surface area contributed by atoms with Gasteiger partial charge in [0.1, 0.15) is 5.82 Å². The maximum absolute atomic E-state index is 13.2. The molecule has 0 bridgehead atoms. The lowest BCUT2D eigenvalue weighted by atomic mass is 9.90. The summed E-state index contributed by atoms with van der Waals surface area (Å²) in [7, 11) is 0. The van der Waals surface area contributed by atoms with Gasteiger partial charge in [0.2, 0.25) is 0 Å². The van der Waals surface area contributed by atoms with Crippen LogP contribution in [0.3, 0.4) is 0 Å². The van der Waals surface area contributed by atoms with Gasteiger partial charge in [-0.15, -0.1) is 24.8 Å². The van der Waals surface area contributed by atoms with Crippen LogP contribution in [0.25, 0.3) is 22.2 Å². The third-order valence-electron chi connectivity index (χ3n) is 5.80. The van der Waals surface area contributed by atoms with Crippen molar-refractivity contribution in [2.24, 2.45) is 0 Å². The first-order valence-corrected chi connectivity index (χ1v) is 10.2. The minimum absolute atomic E-state index is 0. The second-order valence-corrected chi connectivity index (χ2v) is 7.90. The number of aromatic nitrogens is 2. The van der Waals surface area contributed by atoms with Crippen LogP contribution in [0.15, 0.2) is 70.1 Å². The molecule has 32 heavy (non-hydrogen) atoms. The fourth-order valence-electron chi connectivity index (χ4n) is 4.40. The van der Waals surface area contributed by atoms with Crippen LogP contribution in [0.2, 0.25) is 0 Å². The standard InChI is InChI=1S/C24H22FN3O2.2ClH/c25-20-8-6-17(7-9-20)19-11-16(12-26-13-19)14-28-10-2-3-18(15-28)21-4-1-5-22-23(21)30-24(29)27-22;;/h1,4-9,11-13,18H,2-3,10,14-15H2,(H,27,29);2*1H. The normalized spacial score (nSPS) is 16.3. The fourth-order valence-corrected chi connectivity index (χ4v) is 4.40. The molecule has 2 aromatic heterocycles. The predicted molar refractivity (Wildman–Crippen MR) is 128 cm³/mol. The van der Waals surface area contributed by atoms with Gasteiger partial charge in [-0.3, -0.25) is 14.9 Å². The zero-order valence-electron chi connectivity index (χ0n) is 17.3. The van der Waals surface area contributed by atoms with Crippen LogP contribution < -0.4 is 5.76 Å². The summed E-state index contributed by atoms with van der Waals surface area (Å²) in [5.41, 5.74) is 5.59. The zero-order chi connectivity index (χ0) is 20.5. The third kappa shape index (κ3) is 5.04. The van der Waals surface area contributed by atoms with E-state index in [9.17, 15) is 9.18 Å². The predicted octanol–water partition coefficient (Wildman–Crippen LogP) is 5.55. The number of pyridine rings is 1. The summed E-state index contributed by atoms with van der Waals surface area (Å²) in [6.45, 7) is 2.71. The highest BCUT2D eigenvalue weighted by molar-refractivity contribution is 5.85. The molecule has 4 aromatic rings. The number of hydrogen-bond donors (Lipinski definition) is 1. The van der Waals surface area contributed by atoms with E-state index in [1.54, 1.807) is 12.1 Å². The molecule has 8 heteroatoms. The topological polar surface area (TPSA) is 62.1 Å². The second-order valence-electron chi connectivity index (χ2n) is 7.90. The van der Waals surface area contributed by atoms with Gasteiger partial charge in [-0.05, 0) is 54.8 Å². The van der Waals surface area contributed by atoms with Crippen LogP contribution in [0.5, 0.6) is 0 Å². The molecule has 5 rings (SSSR count). The maximum Gasteiger partial charge on any atom is 0.417 e. The van der Waals surface area contributed by atoms with Gasteiger partial charge in [0.05, 0.1) is 5.52 Å². The van der Waals surface area contributed by atoms with Crippen LogP contribution in [-0.2, 0) is 6.54 Å². The van der Waals surface area contributed by atoms with E-state index in [-0.39, 0.29) is 30.6 Å². The number of rotatable bonds is 4. The van der Waals surface area contributed by atoms with Crippen molar-refractivity contribution in [3.8, 4) is 11.1 Å². The zero-order valence-corrected chi connectivity index (χ0v) is 18.9. The van der Waals surface area contributed by atoms with E-state index in [2.05, 4.69) is 27.0 Å². The number of benzene rings is 2. The van der Waals surface area contributed by atoms with Crippen LogP contribution in [0, 0.1) is 5.82 Å². The van der Waals surface area contributed by atoms with Crippen LogP contribution in [-0.4, -0.2) is 28.0 Å². The van der Waals surface area contributed by atoms with Crippen molar-refractivity contribution in [2.45, 2.75) is 25.3 Å². The monoisotopic (exact) mass is 475 g/mol. The molecule has 5 nitrogen and oxygen atoms in total. The van der Waals surface area contributed by atoms with Crippen molar-refractivity contribution >= 4 is 35.9 Å². The molecule has 3 heterocycles. The molecule has 1 saturated heterocycles. The second kappa shape index (κ2) is 10.3. The highest BCUT2D eigenvalue weighted by Crippen LogP contribution is 2.32. The van der Waals surface area contributed by atoms with Gasteiger partial charge in [-0.2, -0.15) is 0 Å². The Morgan fingerprint density at radius 3 is 2.72 bits per heavy atom. The molecule has 1 aliphatic heterocycles. The molecule has 1 aliphatic rings. The molecule has 1 atom stereocenters. The van der Waals surface area contributed by atoms with Crippen molar-refractivity contribution in [1.82, 2.24) is 14.9 Å². The van der Waals surface area contributed by atoms with Crippen molar-refractivity contribution in [1.29, 1.82) is 0 Å². The largest absolute Gasteiger partial charge is 0.417 e. The number of hydrogen-bond acceptors (Lipinski definition) is 4. The Kier molecular flexibility index (Phi) is 7.72. The molecule has 1 fully saturated rings. The number of halogens is 3. The number of nitrogens with one attached hydrogen (secondary N) is 1. The Balaban J connectivity index is 0.00000144. The fraction of sp³-hybridized carbons (Fsp3) is 0.250. The average Bonchev–Trinajstić information content (AvgIpc) is 3.15. The van der Waals surface area contributed by atoms with Crippen molar-refractivity contribution in [3.05, 3.63) is 88.4 Å². The molecular formula is C24H24Cl2FN3O2. The Morgan fingerprint density at radius 1 is 1.09 bits per heavy atom. The number of likely N-dealkylation sites (tertiary alicyclic amines) is 1. The third-order valence-corrected chi connectivity index (χ3v) is 5.80. The highest BCUT2D eigenvalue weighted by atomic mass is 35.5. The quantitative estimate of drug-likeness (QED) is 0.420. The minimum atomic E-state index is -0.409. The summed E-state index contributed by atoms with van der Waals surface area (Å²) in [4.78, 5) is 21.2. The smallest absolute Gasteiger partial charge is 0.408 e. The molecule has 0 saturated carbocycles. The maximum atomic E-state index is 13.2. The van der Waals surface area contributed by atoms with E-state index in [1.165, 1.54) is 12.1 Å². The number of piperidine rings is 1. The molecule has 0 radical (unpaired) electrons. The lowest BCUT2D eigenvalue weighted by molar-refractivity contribution is 0.200. The number of para-hydroxylation sites is 1. The first kappa shape index (κ1) is 24.0. The van der Waals surface area contributed by atoms with Gasteiger partial charge in [0, 0.05) is 42.5 Å². The number of nitrogens with zero attached hydrogens (tertiary/aromatic N) is 2. The molecule has 0 amide bonds. The molecular weight excluding hydrogens is 452 g/mol. The van der Waals surface area contributed by atoms with Crippen molar-refractivity contribution in [3.63, 3.8) is 0 Å². The van der Waals surface area contributed by atoms with E-state index in [4.69, 9.17) is 4.42 Å². The number of H-pyrrole nitrogens is 1. The lowest BCUT2D eigenvalue weighted by Gasteiger charge is -2.33. The van der Waals surface area contributed by atoms with E-state index >= 15 is 0 Å². The van der Waals surface area contributed by atoms with Crippen LogP contribution >= 0.6 is 24.8 Å². The van der Waals surface area contributed by atoms with Gasteiger partial charge >= 0.3 is 5.76 Å².